The van der Waals surface area contributed by atoms with E-state index in [0.29, 0.717) is 24.5 Å². The van der Waals surface area contributed by atoms with Gasteiger partial charge in [0.25, 0.3) is 5.56 Å². The molecule has 0 spiro atoms. The zero-order valence-corrected chi connectivity index (χ0v) is 21.4. The first-order valence-corrected chi connectivity index (χ1v) is 13.3. The summed E-state index contributed by atoms with van der Waals surface area (Å²) >= 11 is 1.68. The lowest BCUT2D eigenvalue weighted by Gasteiger charge is -2.30. The molecule has 0 unspecified atom stereocenters. The molecule has 10 heteroatoms. The first-order valence-electron chi connectivity index (χ1n) is 12.5. The molecule has 1 aliphatic rings. The summed E-state index contributed by atoms with van der Waals surface area (Å²) in [7, 11) is 1.64. The smallest absolute Gasteiger partial charge is 0.253 e. The number of H-pyrrole nitrogens is 1. The average Bonchev–Trinajstić information content (AvgIpc) is 3.73. The summed E-state index contributed by atoms with van der Waals surface area (Å²) in [5, 5.41) is 16.0. The molecule has 0 radical (unpaired) electrons. The maximum Gasteiger partial charge on any atom is 0.253 e. The molecule has 0 amide bonds. The summed E-state index contributed by atoms with van der Waals surface area (Å²) in [6.45, 7) is 1.10. The third-order valence-corrected chi connectivity index (χ3v) is 7.91. The molecule has 1 aliphatic carbocycles. The van der Waals surface area contributed by atoms with Crippen molar-refractivity contribution in [1.82, 2.24) is 30.1 Å². The molecule has 9 nitrogen and oxygen atoms in total. The number of hydrogen-bond acceptors (Lipinski definition) is 8. The third-order valence-electron chi connectivity index (χ3n) is 7.05. The Labute approximate surface area is 217 Å². The van der Waals surface area contributed by atoms with E-state index in [1.54, 1.807) is 24.7 Å². The van der Waals surface area contributed by atoms with E-state index in [1.165, 1.54) is 4.88 Å². The van der Waals surface area contributed by atoms with E-state index in [-0.39, 0.29) is 11.6 Å². The molecular formula is C27H28N6O3S. The molecule has 1 saturated carbocycles. The average molecular weight is 517 g/mol. The van der Waals surface area contributed by atoms with Gasteiger partial charge in [-0.05, 0) is 71.1 Å². The van der Waals surface area contributed by atoms with E-state index in [4.69, 9.17) is 9.15 Å². The van der Waals surface area contributed by atoms with Crippen molar-refractivity contribution in [3.8, 4) is 5.75 Å². The summed E-state index contributed by atoms with van der Waals surface area (Å²) in [6, 6.07) is 15.3. The summed E-state index contributed by atoms with van der Waals surface area (Å²) in [6.07, 6.45) is 6.02. The fraction of sp³-hybridized carbons (Fsp3) is 0.333. The van der Waals surface area contributed by atoms with E-state index in [1.807, 2.05) is 47.1 Å². The van der Waals surface area contributed by atoms with Gasteiger partial charge in [-0.3, -0.25) is 9.69 Å². The van der Waals surface area contributed by atoms with E-state index in [2.05, 4.69) is 36.9 Å². The number of benzene rings is 1. The molecule has 1 fully saturated rings. The van der Waals surface area contributed by atoms with Gasteiger partial charge in [-0.15, -0.1) is 16.4 Å². The first-order chi connectivity index (χ1) is 18.2. The molecule has 1 aromatic carbocycles. The Morgan fingerprint density at radius 1 is 1.19 bits per heavy atom. The fourth-order valence-electron chi connectivity index (χ4n) is 5.26. The number of fused-ring (bicyclic) bond motifs is 1. The number of nitrogens with one attached hydrogen (secondary N) is 1. The Bertz CT molecular complexity index is 1480. The molecule has 4 aromatic heterocycles. The van der Waals surface area contributed by atoms with Crippen molar-refractivity contribution in [1.29, 1.82) is 0 Å². The summed E-state index contributed by atoms with van der Waals surface area (Å²) < 4.78 is 13.1. The topological polar surface area (TPSA) is 102 Å². The highest BCUT2D eigenvalue weighted by molar-refractivity contribution is 7.09. The number of rotatable bonds is 9. The Hall–Kier alpha value is -3.76. The van der Waals surface area contributed by atoms with Gasteiger partial charge in [-0.25, -0.2) is 4.68 Å². The number of furan rings is 1. The Kier molecular flexibility index (Phi) is 6.58. The number of ether oxygens (including phenoxy) is 1. The fourth-order valence-corrected chi connectivity index (χ4v) is 5.99. The lowest BCUT2D eigenvalue weighted by atomic mass is 10.0. The lowest BCUT2D eigenvalue weighted by Crippen LogP contribution is -2.35. The second kappa shape index (κ2) is 10.3. The van der Waals surface area contributed by atoms with E-state index in [9.17, 15) is 4.79 Å². The first kappa shape index (κ1) is 23.6. The van der Waals surface area contributed by atoms with Crippen LogP contribution in [-0.2, 0) is 13.1 Å². The molecule has 0 saturated heterocycles. The van der Waals surface area contributed by atoms with Crippen molar-refractivity contribution in [3.05, 3.63) is 92.6 Å². The summed E-state index contributed by atoms with van der Waals surface area (Å²) in [5.74, 6) is 2.20. The highest BCUT2D eigenvalue weighted by Gasteiger charge is 2.34. The zero-order chi connectivity index (χ0) is 25.2. The molecule has 37 heavy (non-hydrogen) atoms. The second-order valence-corrected chi connectivity index (χ2v) is 10.4. The van der Waals surface area contributed by atoms with Gasteiger partial charge in [0.15, 0.2) is 5.82 Å². The van der Waals surface area contributed by atoms with Crippen LogP contribution in [0.5, 0.6) is 5.75 Å². The maximum absolute atomic E-state index is 13.7. The number of methoxy groups -OCH3 is 1. The Morgan fingerprint density at radius 3 is 2.84 bits per heavy atom. The van der Waals surface area contributed by atoms with Crippen molar-refractivity contribution in [2.45, 2.75) is 50.9 Å². The highest BCUT2D eigenvalue weighted by atomic mass is 32.1. The standard InChI is InChI=1S/C27H28N6O3S/c1-35-20-10-11-24-18(14-20)15-23(27(34)28-24)25(26-29-30-31-33(26)19-6-2-3-7-19)32(16-21-8-4-12-36-21)17-22-9-5-13-37-22/h4-5,8-15,19,25H,2-3,6-7,16-17H2,1H3,(H,28,34)/t25-/m0/s1. The van der Waals surface area contributed by atoms with Crippen molar-refractivity contribution < 1.29 is 9.15 Å². The molecule has 0 aliphatic heterocycles. The largest absolute Gasteiger partial charge is 0.497 e. The molecule has 1 atom stereocenters. The van der Waals surface area contributed by atoms with Gasteiger partial charge in [0, 0.05) is 27.9 Å². The van der Waals surface area contributed by atoms with Crippen LogP contribution in [0.2, 0.25) is 0 Å². The van der Waals surface area contributed by atoms with Crippen LogP contribution in [0, 0.1) is 0 Å². The SMILES string of the molecule is COc1ccc2[nH]c(=O)c([C@@H](c3nnnn3C3CCCC3)N(Cc3ccco3)Cc3cccs3)cc2c1. The van der Waals surface area contributed by atoms with Crippen LogP contribution in [0.15, 0.2) is 69.4 Å². The van der Waals surface area contributed by atoms with Gasteiger partial charge >= 0.3 is 0 Å². The molecule has 4 heterocycles. The van der Waals surface area contributed by atoms with Gasteiger partial charge < -0.3 is 14.1 Å². The number of aromatic nitrogens is 5. The van der Waals surface area contributed by atoms with Crippen LogP contribution in [-0.4, -0.2) is 37.2 Å². The molecule has 190 valence electrons. The van der Waals surface area contributed by atoms with Crippen LogP contribution in [0.1, 0.15) is 59.8 Å². The van der Waals surface area contributed by atoms with Crippen molar-refractivity contribution in [3.63, 3.8) is 0 Å². The minimum atomic E-state index is -0.498. The number of nitrogens with zero attached hydrogens (tertiary/aromatic N) is 5. The number of thiophene rings is 1. The van der Waals surface area contributed by atoms with Gasteiger partial charge in [-0.1, -0.05) is 18.9 Å². The van der Waals surface area contributed by atoms with Gasteiger partial charge in [-0.2, -0.15) is 0 Å². The van der Waals surface area contributed by atoms with Crippen LogP contribution in [0.25, 0.3) is 10.9 Å². The molecule has 0 bridgehead atoms. The number of aromatic amines is 1. The normalized spacial score (nSPS) is 15.1. The number of hydrogen-bond donors (Lipinski definition) is 1. The molecule has 6 rings (SSSR count). The molecule has 1 N–H and O–H groups in total. The van der Waals surface area contributed by atoms with Crippen molar-refractivity contribution >= 4 is 22.2 Å². The van der Waals surface area contributed by atoms with Gasteiger partial charge in [0.1, 0.15) is 17.6 Å². The lowest BCUT2D eigenvalue weighted by molar-refractivity contribution is 0.178. The summed E-state index contributed by atoms with van der Waals surface area (Å²) in [5.41, 5.74) is 1.16. The molecular weight excluding hydrogens is 488 g/mol. The minimum Gasteiger partial charge on any atom is -0.497 e. The molecule has 5 aromatic rings. The van der Waals surface area contributed by atoms with Crippen molar-refractivity contribution in [2.75, 3.05) is 7.11 Å². The van der Waals surface area contributed by atoms with Gasteiger partial charge in [0.05, 0.1) is 26.0 Å². The summed E-state index contributed by atoms with van der Waals surface area (Å²) in [4.78, 5) is 20.1. The van der Waals surface area contributed by atoms with Crippen LogP contribution >= 0.6 is 11.3 Å². The van der Waals surface area contributed by atoms with E-state index >= 15 is 0 Å². The van der Waals surface area contributed by atoms with E-state index in [0.717, 1.165) is 48.1 Å². The van der Waals surface area contributed by atoms with Crippen molar-refractivity contribution in [2.24, 2.45) is 0 Å². The Balaban J connectivity index is 1.53. The quantitative estimate of drug-likeness (QED) is 0.291. The third kappa shape index (κ3) is 4.82. The maximum atomic E-state index is 13.7. The second-order valence-electron chi connectivity index (χ2n) is 9.39. The minimum absolute atomic E-state index is 0.167. The van der Waals surface area contributed by atoms with Crippen LogP contribution in [0.4, 0.5) is 0 Å². The predicted molar refractivity (Wildman–Crippen MR) is 141 cm³/mol. The zero-order valence-electron chi connectivity index (χ0n) is 20.5. The number of pyridine rings is 1. The highest BCUT2D eigenvalue weighted by Crippen LogP contribution is 2.35. The van der Waals surface area contributed by atoms with E-state index < -0.39 is 6.04 Å². The number of tetrazole rings is 1. The predicted octanol–water partition coefficient (Wildman–Crippen LogP) is 5.08. The van der Waals surface area contributed by atoms with Crippen LogP contribution in [0.3, 0.4) is 0 Å². The van der Waals surface area contributed by atoms with Gasteiger partial charge in [0.2, 0.25) is 0 Å². The monoisotopic (exact) mass is 516 g/mol. The van der Waals surface area contributed by atoms with Crippen LogP contribution < -0.4 is 10.3 Å². The Morgan fingerprint density at radius 2 is 2.08 bits per heavy atom.